The van der Waals surface area contributed by atoms with E-state index in [1.54, 1.807) is 16.7 Å². The van der Waals surface area contributed by atoms with E-state index in [-0.39, 0.29) is 5.91 Å². The second-order valence-corrected chi connectivity index (χ2v) is 9.33. The third-order valence-corrected chi connectivity index (χ3v) is 6.76. The molecule has 2 aromatic carbocycles. The summed E-state index contributed by atoms with van der Waals surface area (Å²) in [6, 6.07) is 15.4. The standard InChI is InChI=1S/C24H22ClN3O2S2/c1-3-4-12-27-23(29)21(32-24(27)31)14-17-15-28(18-8-6-5-7-9-18)26-22(17)16-10-11-20(30-2)19(25)13-16/h5-11,13-15H,3-4,12H2,1-2H3/b21-14-. The van der Waals surface area contributed by atoms with Gasteiger partial charge in [0.15, 0.2) is 0 Å². The highest BCUT2D eigenvalue weighted by Crippen LogP contribution is 2.36. The number of nitrogens with zero attached hydrogens (tertiary/aromatic N) is 3. The first-order valence-corrected chi connectivity index (χ1v) is 11.9. The van der Waals surface area contributed by atoms with Gasteiger partial charge in [-0.1, -0.05) is 67.1 Å². The first-order valence-electron chi connectivity index (χ1n) is 10.3. The van der Waals surface area contributed by atoms with Gasteiger partial charge >= 0.3 is 0 Å². The molecular weight excluding hydrogens is 462 g/mol. The second-order valence-electron chi connectivity index (χ2n) is 7.25. The van der Waals surface area contributed by atoms with E-state index in [1.165, 1.54) is 11.8 Å². The number of carbonyl (C=O) groups is 1. The number of carbonyl (C=O) groups excluding carboxylic acids is 1. The highest BCUT2D eigenvalue weighted by atomic mass is 35.5. The maximum Gasteiger partial charge on any atom is 0.266 e. The van der Waals surface area contributed by atoms with Gasteiger partial charge < -0.3 is 4.74 Å². The van der Waals surface area contributed by atoms with Crippen LogP contribution >= 0.6 is 35.6 Å². The molecule has 1 amide bonds. The Hall–Kier alpha value is -2.61. The fraction of sp³-hybridized carbons (Fsp3) is 0.208. The summed E-state index contributed by atoms with van der Waals surface area (Å²) in [5.74, 6) is 0.538. The Morgan fingerprint density at radius 1 is 1.22 bits per heavy atom. The Balaban J connectivity index is 1.78. The molecule has 1 aliphatic heterocycles. The van der Waals surface area contributed by atoms with Crippen LogP contribution in [0.2, 0.25) is 5.02 Å². The fourth-order valence-electron chi connectivity index (χ4n) is 3.39. The lowest BCUT2D eigenvalue weighted by molar-refractivity contribution is -0.122. The summed E-state index contributed by atoms with van der Waals surface area (Å²) in [5, 5.41) is 5.30. The summed E-state index contributed by atoms with van der Waals surface area (Å²) in [5.41, 5.74) is 3.28. The smallest absolute Gasteiger partial charge is 0.266 e. The Morgan fingerprint density at radius 3 is 2.69 bits per heavy atom. The molecule has 8 heteroatoms. The van der Waals surface area contributed by atoms with Crippen LogP contribution < -0.4 is 4.74 Å². The largest absolute Gasteiger partial charge is 0.495 e. The summed E-state index contributed by atoms with van der Waals surface area (Å²) in [6.45, 7) is 2.74. The van der Waals surface area contributed by atoms with E-state index in [9.17, 15) is 4.79 Å². The average molecular weight is 484 g/mol. The van der Waals surface area contributed by atoms with Crippen molar-refractivity contribution >= 4 is 51.9 Å². The molecule has 0 unspecified atom stereocenters. The lowest BCUT2D eigenvalue weighted by Crippen LogP contribution is -2.28. The van der Waals surface area contributed by atoms with Crippen LogP contribution in [0.1, 0.15) is 25.3 Å². The van der Waals surface area contributed by atoms with Crippen molar-refractivity contribution in [1.82, 2.24) is 14.7 Å². The van der Waals surface area contributed by atoms with E-state index in [4.69, 9.17) is 33.7 Å². The molecule has 0 saturated carbocycles. The van der Waals surface area contributed by atoms with E-state index < -0.39 is 0 Å². The van der Waals surface area contributed by atoms with E-state index >= 15 is 0 Å². The number of methoxy groups -OCH3 is 1. The van der Waals surface area contributed by atoms with E-state index in [1.807, 2.05) is 60.8 Å². The van der Waals surface area contributed by atoms with Crippen LogP contribution in [-0.4, -0.2) is 38.6 Å². The highest BCUT2D eigenvalue weighted by Gasteiger charge is 2.31. The van der Waals surface area contributed by atoms with E-state index in [0.29, 0.717) is 26.5 Å². The van der Waals surface area contributed by atoms with Gasteiger partial charge in [0.1, 0.15) is 15.8 Å². The quantitative estimate of drug-likeness (QED) is 0.295. The summed E-state index contributed by atoms with van der Waals surface area (Å²) in [4.78, 5) is 15.3. The number of ether oxygens (including phenoxy) is 1. The molecule has 0 atom stereocenters. The minimum Gasteiger partial charge on any atom is -0.495 e. The molecule has 1 saturated heterocycles. The van der Waals surface area contributed by atoms with Crippen molar-refractivity contribution in [3.8, 4) is 22.7 Å². The van der Waals surface area contributed by atoms with E-state index in [0.717, 1.165) is 35.3 Å². The van der Waals surface area contributed by atoms with Crippen LogP contribution in [0.5, 0.6) is 5.75 Å². The molecule has 32 heavy (non-hydrogen) atoms. The average Bonchev–Trinajstić information content (AvgIpc) is 3.34. The van der Waals surface area contributed by atoms with Gasteiger partial charge in [0, 0.05) is 23.9 Å². The number of benzene rings is 2. The summed E-state index contributed by atoms with van der Waals surface area (Å²) < 4.78 is 7.68. The highest BCUT2D eigenvalue weighted by molar-refractivity contribution is 8.26. The first kappa shape index (κ1) is 22.6. The molecule has 164 valence electrons. The fourth-order valence-corrected chi connectivity index (χ4v) is 4.95. The Morgan fingerprint density at radius 2 is 2.00 bits per heavy atom. The topological polar surface area (TPSA) is 47.4 Å². The van der Waals surface area contributed by atoms with Crippen molar-refractivity contribution in [3.05, 3.63) is 70.2 Å². The second kappa shape index (κ2) is 9.90. The van der Waals surface area contributed by atoms with Crippen molar-refractivity contribution in [1.29, 1.82) is 0 Å². The number of hydrogen-bond donors (Lipinski definition) is 0. The molecule has 0 bridgehead atoms. The molecule has 0 spiro atoms. The number of halogens is 1. The molecule has 5 nitrogen and oxygen atoms in total. The van der Waals surface area contributed by atoms with Gasteiger partial charge in [-0.25, -0.2) is 4.68 Å². The van der Waals surface area contributed by atoms with Gasteiger partial charge in [-0.15, -0.1) is 0 Å². The van der Waals surface area contributed by atoms with Gasteiger partial charge in [-0.3, -0.25) is 9.69 Å². The predicted molar refractivity (Wildman–Crippen MR) is 135 cm³/mol. The zero-order chi connectivity index (χ0) is 22.7. The number of amides is 1. The van der Waals surface area contributed by atoms with Crippen molar-refractivity contribution < 1.29 is 9.53 Å². The molecular formula is C24H22ClN3O2S2. The zero-order valence-electron chi connectivity index (χ0n) is 17.7. The molecule has 1 aliphatic rings. The molecule has 3 aromatic rings. The summed E-state index contributed by atoms with van der Waals surface area (Å²) in [6.07, 6.45) is 5.70. The van der Waals surface area contributed by atoms with Crippen LogP contribution in [0.3, 0.4) is 0 Å². The normalized spacial score (nSPS) is 15.1. The van der Waals surface area contributed by atoms with Gasteiger partial charge in [0.05, 0.1) is 22.7 Å². The number of thiocarbonyl (C=S) groups is 1. The van der Waals surface area contributed by atoms with Crippen LogP contribution in [0.25, 0.3) is 23.0 Å². The number of para-hydroxylation sites is 1. The Kier molecular flexibility index (Phi) is 6.98. The van der Waals surface area contributed by atoms with Crippen molar-refractivity contribution in [2.45, 2.75) is 19.8 Å². The number of unbranched alkanes of at least 4 members (excludes halogenated alkanes) is 1. The predicted octanol–water partition coefficient (Wildman–Crippen LogP) is 6.20. The van der Waals surface area contributed by atoms with Crippen LogP contribution in [-0.2, 0) is 4.79 Å². The third kappa shape index (κ3) is 4.60. The lowest BCUT2D eigenvalue weighted by Gasteiger charge is -2.12. The number of hydrogen-bond acceptors (Lipinski definition) is 5. The SMILES string of the molecule is CCCCN1C(=O)/C(=C/c2cn(-c3ccccc3)nc2-c2ccc(OC)c(Cl)c2)SC1=S. The molecule has 2 heterocycles. The third-order valence-electron chi connectivity index (χ3n) is 5.08. The zero-order valence-corrected chi connectivity index (χ0v) is 20.1. The minimum absolute atomic E-state index is 0.0559. The molecule has 0 radical (unpaired) electrons. The summed E-state index contributed by atoms with van der Waals surface area (Å²) >= 11 is 13.2. The van der Waals surface area contributed by atoms with Crippen LogP contribution in [0.4, 0.5) is 0 Å². The maximum atomic E-state index is 13.0. The van der Waals surface area contributed by atoms with Gasteiger partial charge in [-0.05, 0) is 42.8 Å². The molecule has 0 N–H and O–H groups in total. The Bertz CT molecular complexity index is 1190. The van der Waals surface area contributed by atoms with Gasteiger partial charge in [0.2, 0.25) is 0 Å². The molecule has 4 rings (SSSR count). The van der Waals surface area contributed by atoms with E-state index in [2.05, 4.69) is 6.92 Å². The monoisotopic (exact) mass is 483 g/mol. The van der Waals surface area contributed by atoms with Crippen LogP contribution in [0.15, 0.2) is 59.6 Å². The van der Waals surface area contributed by atoms with Gasteiger partial charge in [0.25, 0.3) is 5.91 Å². The summed E-state index contributed by atoms with van der Waals surface area (Å²) in [7, 11) is 1.58. The maximum absolute atomic E-state index is 13.0. The van der Waals surface area contributed by atoms with Crippen molar-refractivity contribution in [2.24, 2.45) is 0 Å². The first-order chi connectivity index (χ1) is 15.5. The minimum atomic E-state index is -0.0559. The number of rotatable bonds is 7. The molecule has 1 fully saturated rings. The van der Waals surface area contributed by atoms with Crippen molar-refractivity contribution in [2.75, 3.05) is 13.7 Å². The number of thioether (sulfide) groups is 1. The van der Waals surface area contributed by atoms with Crippen LogP contribution in [0, 0.1) is 0 Å². The molecule has 0 aliphatic carbocycles. The Labute approximate surface area is 202 Å². The number of aromatic nitrogens is 2. The van der Waals surface area contributed by atoms with Crippen molar-refractivity contribution in [3.63, 3.8) is 0 Å². The van der Waals surface area contributed by atoms with Gasteiger partial charge in [-0.2, -0.15) is 5.10 Å². The molecule has 1 aromatic heterocycles. The lowest BCUT2D eigenvalue weighted by atomic mass is 10.1.